The van der Waals surface area contributed by atoms with Crippen LogP contribution in [0.5, 0.6) is 0 Å². The molecule has 0 unspecified atom stereocenters. The van der Waals surface area contributed by atoms with Crippen molar-refractivity contribution < 1.29 is 4.79 Å². The lowest BCUT2D eigenvalue weighted by atomic mass is 10.1. The Hall–Kier alpha value is -1.51. The summed E-state index contributed by atoms with van der Waals surface area (Å²) >= 11 is 0. The number of amides is 2. The zero-order valence-corrected chi connectivity index (χ0v) is 12.4. The average Bonchev–Trinajstić information content (AvgIpc) is 2.35. The van der Waals surface area contributed by atoms with Crippen LogP contribution in [0, 0.1) is 5.92 Å². The molecule has 0 saturated carbocycles. The maximum absolute atomic E-state index is 12.6. The minimum absolute atomic E-state index is 0.148. The van der Waals surface area contributed by atoms with E-state index in [1.54, 1.807) is 0 Å². The van der Waals surface area contributed by atoms with Crippen LogP contribution in [0.3, 0.4) is 0 Å². The monoisotopic (exact) mass is 260 g/mol. The lowest BCUT2D eigenvalue weighted by molar-refractivity contribution is 0.193. The molecule has 1 aromatic carbocycles. The number of carbonyl (C=O) groups is 1. The third kappa shape index (κ3) is 2.91. The molecule has 0 fully saturated rings. The number of carbonyl (C=O) groups excluding carboxylic acids is 1. The number of rotatable bonds is 4. The van der Waals surface area contributed by atoms with Gasteiger partial charge in [-0.2, -0.15) is 0 Å². The van der Waals surface area contributed by atoms with Crippen molar-refractivity contribution in [2.75, 3.05) is 11.4 Å². The Morgan fingerprint density at radius 2 is 1.84 bits per heavy atom. The van der Waals surface area contributed by atoms with E-state index in [4.69, 9.17) is 0 Å². The normalized spacial score (nSPS) is 15.4. The van der Waals surface area contributed by atoms with Gasteiger partial charge in [0.1, 0.15) is 0 Å². The van der Waals surface area contributed by atoms with Crippen molar-refractivity contribution in [2.45, 2.75) is 46.7 Å². The molecular formula is C16H24N2O. The van der Waals surface area contributed by atoms with E-state index in [0.717, 1.165) is 25.2 Å². The van der Waals surface area contributed by atoms with E-state index in [2.05, 4.69) is 33.8 Å². The number of nitrogens with zero attached hydrogens (tertiary/aromatic N) is 2. The predicted octanol–water partition coefficient (Wildman–Crippen LogP) is 3.88. The molecule has 104 valence electrons. The van der Waals surface area contributed by atoms with E-state index in [1.807, 2.05) is 28.0 Å². The summed E-state index contributed by atoms with van der Waals surface area (Å²) in [7, 11) is 0. The highest BCUT2D eigenvalue weighted by Crippen LogP contribution is 2.30. The largest absolute Gasteiger partial charge is 0.325 e. The van der Waals surface area contributed by atoms with Crippen LogP contribution in [0.4, 0.5) is 10.5 Å². The van der Waals surface area contributed by atoms with Crippen molar-refractivity contribution in [3.8, 4) is 0 Å². The highest BCUT2D eigenvalue weighted by atomic mass is 16.2. The third-order valence-electron chi connectivity index (χ3n) is 3.58. The van der Waals surface area contributed by atoms with Gasteiger partial charge in [-0.15, -0.1) is 0 Å². The summed E-state index contributed by atoms with van der Waals surface area (Å²) in [6.45, 7) is 10.1. The summed E-state index contributed by atoms with van der Waals surface area (Å²) in [4.78, 5) is 16.5. The highest BCUT2D eigenvalue weighted by molar-refractivity contribution is 5.95. The second-order valence-corrected chi connectivity index (χ2v) is 5.98. The predicted molar refractivity (Wildman–Crippen MR) is 79.3 cm³/mol. The Kier molecular flexibility index (Phi) is 4.13. The van der Waals surface area contributed by atoms with Crippen LogP contribution >= 0.6 is 0 Å². The minimum Gasteiger partial charge on any atom is -0.320 e. The zero-order chi connectivity index (χ0) is 14.0. The van der Waals surface area contributed by atoms with Crippen LogP contribution < -0.4 is 4.90 Å². The number of benzene rings is 1. The van der Waals surface area contributed by atoms with Gasteiger partial charge in [0, 0.05) is 19.1 Å². The Bertz CT molecular complexity index is 454. The molecule has 0 atom stereocenters. The molecule has 0 bridgehead atoms. The smallest absolute Gasteiger partial charge is 0.320 e. The molecule has 0 spiro atoms. The van der Waals surface area contributed by atoms with Gasteiger partial charge in [0.2, 0.25) is 0 Å². The summed E-state index contributed by atoms with van der Waals surface area (Å²) in [5.41, 5.74) is 2.32. The van der Waals surface area contributed by atoms with Crippen LogP contribution in [-0.2, 0) is 6.54 Å². The fourth-order valence-corrected chi connectivity index (χ4v) is 2.50. The number of para-hydroxylation sites is 1. The SMILES string of the molecule is CC(C)CCN1Cc2ccccc2N(C(C)C)C1=O. The standard InChI is InChI=1S/C16H24N2O/c1-12(2)9-10-17-11-14-7-5-6-8-15(14)18(13(3)4)16(17)19/h5-8,12-13H,9-11H2,1-4H3. The van der Waals surface area contributed by atoms with E-state index in [0.29, 0.717) is 5.92 Å². The molecule has 19 heavy (non-hydrogen) atoms. The van der Waals surface area contributed by atoms with Crippen LogP contribution in [0.15, 0.2) is 24.3 Å². The first-order valence-electron chi connectivity index (χ1n) is 7.16. The molecule has 0 aliphatic carbocycles. The molecular weight excluding hydrogens is 236 g/mol. The van der Waals surface area contributed by atoms with E-state index in [-0.39, 0.29) is 12.1 Å². The molecule has 3 heteroatoms. The lowest BCUT2D eigenvalue weighted by Gasteiger charge is -2.39. The summed E-state index contributed by atoms with van der Waals surface area (Å²) in [6.07, 6.45) is 1.06. The Labute approximate surface area is 116 Å². The summed E-state index contributed by atoms with van der Waals surface area (Å²) in [6, 6.07) is 8.57. The van der Waals surface area contributed by atoms with E-state index < -0.39 is 0 Å². The van der Waals surface area contributed by atoms with Gasteiger partial charge in [-0.3, -0.25) is 4.90 Å². The van der Waals surface area contributed by atoms with Gasteiger partial charge in [0.05, 0.1) is 5.69 Å². The maximum Gasteiger partial charge on any atom is 0.325 e. The van der Waals surface area contributed by atoms with Crippen molar-refractivity contribution >= 4 is 11.7 Å². The second-order valence-electron chi connectivity index (χ2n) is 5.98. The zero-order valence-electron chi connectivity index (χ0n) is 12.4. The van der Waals surface area contributed by atoms with E-state index in [1.165, 1.54) is 5.56 Å². The van der Waals surface area contributed by atoms with Gasteiger partial charge in [-0.05, 0) is 37.8 Å². The van der Waals surface area contributed by atoms with E-state index in [9.17, 15) is 4.79 Å². The molecule has 2 amide bonds. The first-order chi connectivity index (χ1) is 9.00. The molecule has 1 aliphatic heterocycles. The van der Waals surface area contributed by atoms with Gasteiger partial charge in [-0.1, -0.05) is 32.0 Å². The Morgan fingerprint density at radius 1 is 1.16 bits per heavy atom. The number of hydrogen-bond donors (Lipinski definition) is 0. The molecule has 0 aromatic heterocycles. The molecule has 0 saturated heterocycles. The average molecular weight is 260 g/mol. The third-order valence-corrected chi connectivity index (χ3v) is 3.58. The molecule has 1 aromatic rings. The molecule has 1 heterocycles. The Morgan fingerprint density at radius 3 is 2.47 bits per heavy atom. The number of anilines is 1. The van der Waals surface area contributed by atoms with Crippen molar-refractivity contribution in [2.24, 2.45) is 5.92 Å². The van der Waals surface area contributed by atoms with E-state index >= 15 is 0 Å². The quantitative estimate of drug-likeness (QED) is 0.805. The summed E-state index contributed by atoms with van der Waals surface area (Å²) in [5.74, 6) is 0.623. The fraction of sp³-hybridized carbons (Fsp3) is 0.562. The molecule has 0 radical (unpaired) electrons. The maximum atomic E-state index is 12.6. The second kappa shape index (κ2) is 5.64. The minimum atomic E-state index is 0.148. The van der Waals surface area contributed by atoms with Gasteiger partial charge in [-0.25, -0.2) is 4.79 Å². The highest BCUT2D eigenvalue weighted by Gasteiger charge is 2.31. The van der Waals surface area contributed by atoms with Gasteiger partial charge < -0.3 is 4.90 Å². The van der Waals surface area contributed by atoms with Crippen molar-refractivity contribution in [1.29, 1.82) is 0 Å². The van der Waals surface area contributed by atoms with Crippen molar-refractivity contribution in [3.63, 3.8) is 0 Å². The summed E-state index contributed by atoms with van der Waals surface area (Å²) < 4.78 is 0. The molecule has 2 rings (SSSR count). The first-order valence-corrected chi connectivity index (χ1v) is 7.16. The molecule has 0 N–H and O–H groups in total. The molecule has 3 nitrogen and oxygen atoms in total. The Balaban J connectivity index is 2.26. The van der Waals surface area contributed by atoms with Crippen LogP contribution in [0.2, 0.25) is 0 Å². The van der Waals surface area contributed by atoms with Crippen LogP contribution in [0.25, 0.3) is 0 Å². The fourth-order valence-electron chi connectivity index (χ4n) is 2.50. The topological polar surface area (TPSA) is 23.6 Å². The van der Waals surface area contributed by atoms with Gasteiger partial charge in [0.15, 0.2) is 0 Å². The van der Waals surface area contributed by atoms with Crippen molar-refractivity contribution in [1.82, 2.24) is 4.90 Å². The number of hydrogen-bond acceptors (Lipinski definition) is 1. The first kappa shape index (κ1) is 13.9. The van der Waals surface area contributed by atoms with Gasteiger partial charge in [0.25, 0.3) is 0 Å². The molecule has 1 aliphatic rings. The number of fused-ring (bicyclic) bond motifs is 1. The van der Waals surface area contributed by atoms with Crippen molar-refractivity contribution in [3.05, 3.63) is 29.8 Å². The lowest BCUT2D eigenvalue weighted by Crippen LogP contribution is -2.50. The number of urea groups is 1. The van der Waals surface area contributed by atoms with Crippen LogP contribution in [-0.4, -0.2) is 23.5 Å². The summed E-state index contributed by atoms with van der Waals surface area (Å²) in [5, 5.41) is 0. The van der Waals surface area contributed by atoms with Gasteiger partial charge >= 0.3 is 6.03 Å². The van der Waals surface area contributed by atoms with Crippen LogP contribution in [0.1, 0.15) is 39.7 Å².